The summed E-state index contributed by atoms with van der Waals surface area (Å²) in [5, 5.41) is 0. The van der Waals surface area contributed by atoms with E-state index in [2.05, 4.69) is 31.6 Å². The van der Waals surface area contributed by atoms with Gasteiger partial charge in [0.2, 0.25) is 5.88 Å². The average Bonchev–Trinajstić information content (AvgIpc) is 2.03. The van der Waals surface area contributed by atoms with Gasteiger partial charge in [-0.1, -0.05) is 20.8 Å². The third kappa shape index (κ3) is 1.94. The van der Waals surface area contributed by atoms with E-state index in [1.165, 1.54) is 0 Å². The van der Waals surface area contributed by atoms with Crippen LogP contribution in [0, 0.1) is 5.41 Å². The first kappa shape index (κ1) is 8.97. The van der Waals surface area contributed by atoms with Gasteiger partial charge in [-0.05, 0) is 6.08 Å². The molecular formula is C9H16N2O. The first-order valence-electron chi connectivity index (χ1n) is 4.02. The number of hydrogen-bond acceptors (Lipinski definition) is 3. The maximum Gasteiger partial charge on any atom is 0.205 e. The van der Waals surface area contributed by atoms with Gasteiger partial charge < -0.3 is 10.2 Å². The lowest BCUT2D eigenvalue weighted by Gasteiger charge is -2.27. The SMILES string of the molecule is COC1=CC=C(C(C)(C)C)NN1. The number of allylic oxidation sites excluding steroid dienone is 3. The predicted molar refractivity (Wildman–Crippen MR) is 48.9 cm³/mol. The van der Waals surface area contributed by atoms with E-state index in [-0.39, 0.29) is 5.41 Å². The molecule has 12 heavy (non-hydrogen) atoms. The summed E-state index contributed by atoms with van der Waals surface area (Å²) in [6.45, 7) is 6.46. The third-order valence-electron chi connectivity index (χ3n) is 1.75. The molecule has 0 unspecified atom stereocenters. The summed E-state index contributed by atoms with van der Waals surface area (Å²) < 4.78 is 5.00. The lowest BCUT2D eigenvalue weighted by atomic mass is 9.91. The molecule has 1 aliphatic rings. The van der Waals surface area contributed by atoms with Crippen molar-refractivity contribution in [2.45, 2.75) is 20.8 Å². The van der Waals surface area contributed by atoms with Crippen molar-refractivity contribution >= 4 is 0 Å². The highest BCUT2D eigenvalue weighted by molar-refractivity contribution is 5.21. The van der Waals surface area contributed by atoms with E-state index in [0.29, 0.717) is 0 Å². The maximum atomic E-state index is 5.00. The van der Waals surface area contributed by atoms with Crippen LogP contribution in [-0.4, -0.2) is 7.11 Å². The Bertz CT molecular complexity index is 223. The first-order valence-corrected chi connectivity index (χ1v) is 4.02. The fourth-order valence-electron chi connectivity index (χ4n) is 0.928. The number of hydrogen-bond donors (Lipinski definition) is 2. The molecule has 68 valence electrons. The van der Waals surface area contributed by atoms with E-state index in [0.717, 1.165) is 11.6 Å². The van der Waals surface area contributed by atoms with Gasteiger partial charge in [0.05, 0.1) is 7.11 Å². The van der Waals surface area contributed by atoms with E-state index in [1.807, 2.05) is 12.2 Å². The Balaban J connectivity index is 2.73. The van der Waals surface area contributed by atoms with Crippen molar-refractivity contribution in [3.05, 3.63) is 23.7 Å². The molecule has 0 spiro atoms. The molecule has 3 nitrogen and oxygen atoms in total. The number of rotatable bonds is 1. The number of methoxy groups -OCH3 is 1. The Morgan fingerprint density at radius 3 is 2.17 bits per heavy atom. The minimum atomic E-state index is 0.142. The van der Waals surface area contributed by atoms with Gasteiger partial charge in [0, 0.05) is 17.2 Å². The van der Waals surface area contributed by atoms with Crippen molar-refractivity contribution in [3.8, 4) is 0 Å². The molecule has 0 aliphatic carbocycles. The second-order valence-corrected chi connectivity index (χ2v) is 3.82. The molecule has 1 heterocycles. The highest BCUT2D eigenvalue weighted by Crippen LogP contribution is 2.23. The van der Waals surface area contributed by atoms with Gasteiger partial charge in [-0.15, -0.1) is 0 Å². The van der Waals surface area contributed by atoms with Gasteiger partial charge in [-0.25, -0.2) is 0 Å². The molecule has 0 aromatic carbocycles. The molecule has 0 aromatic rings. The molecule has 1 aliphatic heterocycles. The highest BCUT2D eigenvalue weighted by Gasteiger charge is 2.18. The summed E-state index contributed by atoms with van der Waals surface area (Å²) in [5.41, 5.74) is 7.32. The molecule has 3 heteroatoms. The molecule has 0 fully saturated rings. The normalized spacial score (nSPS) is 17.0. The summed E-state index contributed by atoms with van der Waals surface area (Å²) in [6.07, 6.45) is 3.94. The smallest absolute Gasteiger partial charge is 0.205 e. The van der Waals surface area contributed by atoms with E-state index >= 15 is 0 Å². The summed E-state index contributed by atoms with van der Waals surface area (Å²) in [4.78, 5) is 0. The third-order valence-corrected chi connectivity index (χ3v) is 1.75. The van der Waals surface area contributed by atoms with Crippen molar-refractivity contribution in [3.63, 3.8) is 0 Å². The Morgan fingerprint density at radius 1 is 1.17 bits per heavy atom. The second-order valence-electron chi connectivity index (χ2n) is 3.82. The maximum absolute atomic E-state index is 5.00. The van der Waals surface area contributed by atoms with Gasteiger partial charge in [0.25, 0.3) is 0 Å². The molecule has 0 amide bonds. The number of nitrogens with one attached hydrogen (secondary N) is 2. The molecule has 0 saturated carbocycles. The number of hydrazine groups is 1. The zero-order valence-corrected chi connectivity index (χ0v) is 8.06. The van der Waals surface area contributed by atoms with E-state index < -0.39 is 0 Å². The van der Waals surface area contributed by atoms with Crippen molar-refractivity contribution < 1.29 is 4.74 Å². The van der Waals surface area contributed by atoms with Crippen LogP contribution in [0.2, 0.25) is 0 Å². The molecule has 0 atom stereocenters. The Labute approximate surface area is 73.5 Å². The molecule has 0 radical (unpaired) electrons. The minimum Gasteiger partial charge on any atom is -0.481 e. The van der Waals surface area contributed by atoms with E-state index in [9.17, 15) is 0 Å². The fourth-order valence-corrected chi connectivity index (χ4v) is 0.928. The van der Waals surface area contributed by atoms with Gasteiger partial charge in [-0.2, -0.15) is 0 Å². The molecule has 2 N–H and O–H groups in total. The Hall–Kier alpha value is -1.12. The summed E-state index contributed by atoms with van der Waals surface area (Å²) in [7, 11) is 1.64. The lowest BCUT2D eigenvalue weighted by Crippen LogP contribution is -2.38. The lowest BCUT2D eigenvalue weighted by molar-refractivity contribution is 0.243. The topological polar surface area (TPSA) is 33.3 Å². The van der Waals surface area contributed by atoms with Crippen LogP contribution in [0.1, 0.15) is 20.8 Å². The van der Waals surface area contributed by atoms with Crippen LogP contribution in [0.4, 0.5) is 0 Å². The standard InChI is InChI=1S/C9H16N2O/c1-9(2,3)7-5-6-8(12-4)11-10-7/h5-6,10-11H,1-4H3. The molecule has 0 bridgehead atoms. The quantitative estimate of drug-likeness (QED) is 0.622. The Morgan fingerprint density at radius 2 is 1.83 bits per heavy atom. The van der Waals surface area contributed by atoms with Crippen molar-refractivity contribution in [1.29, 1.82) is 0 Å². The largest absolute Gasteiger partial charge is 0.481 e. The van der Waals surface area contributed by atoms with Crippen LogP contribution < -0.4 is 10.9 Å². The fraction of sp³-hybridized carbons (Fsp3) is 0.556. The Kier molecular flexibility index (Phi) is 2.31. The van der Waals surface area contributed by atoms with Gasteiger partial charge >= 0.3 is 0 Å². The van der Waals surface area contributed by atoms with Crippen molar-refractivity contribution in [2.24, 2.45) is 5.41 Å². The minimum absolute atomic E-state index is 0.142. The van der Waals surface area contributed by atoms with Crippen LogP contribution in [0.3, 0.4) is 0 Å². The molecular weight excluding hydrogens is 152 g/mol. The van der Waals surface area contributed by atoms with Crippen LogP contribution in [-0.2, 0) is 4.74 Å². The van der Waals surface area contributed by atoms with Gasteiger partial charge in [-0.3, -0.25) is 5.43 Å². The van der Waals surface area contributed by atoms with Crippen LogP contribution in [0.5, 0.6) is 0 Å². The molecule has 0 saturated heterocycles. The second kappa shape index (κ2) is 3.09. The summed E-state index contributed by atoms with van der Waals surface area (Å²) >= 11 is 0. The van der Waals surface area contributed by atoms with Crippen molar-refractivity contribution in [1.82, 2.24) is 10.9 Å². The monoisotopic (exact) mass is 168 g/mol. The van der Waals surface area contributed by atoms with E-state index in [1.54, 1.807) is 7.11 Å². The average molecular weight is 168 g/mol. The summed E-state index contributed by atoms with van der Waals surface area (Å²) in [6, 6.07) is 0. The van der Waals surface area contributed by atoms with Crippen LogP contribution in [0.25, 0.3) is 0 Å². The number of ether oxygens (including phenoxy) is 1. The molecule has 0 aromatic heterocycles. The van der Waals surface area contributed by atoms with Crippen LogP contribution >= 0.6 is 0 Å². The first-order chi connectivity index (χ1) is 5.54. The molecule has 1 rings (SSSR count). The van der Waals surface area contributed by atoms with Crippen molar-refractivity contribution in [2.75, 3.05) is 7.11 Å². The summed E-state index contributed by atoms with van der Waals surface area (Å²) in [5.74, 6) is 0.739. The van der Waals surface area contributed by atoms with Gasteiger partial charge in [0.15, 0.2) is 0 Å². The highest BCUT2D eigenvalue weighted by atomic mass is 16.5. The zero-order chi connectivity index (χ0) is 9.19. The van der Waals surface area contributed by atoms with Gasteiger partial charge in [0.1, 0.15) is 0 Å². The predicted octanol–water partition coefficient (Wildman–Crippen LogP) is 1.51. The van der Waals surface area contributed by atoms with Crippen LogP contribution in [0.15, 0.2) is 23.7 Å². The van der Waals surface area contributed by atoms with E-state index in [4.69, 9.17) is 4.74 Å². The zero-order valence-electron chi connectivity index (χ0n) is 8.06.